The van der Waals surface area contributed by atoms with Crippen LogP contribution in [0.15, 0.2) is 53.8 Å². The summed E-state index contributed by atoms with van der Waals surface area (Å²) in [6.45, 7) is 4.45. The third-order valence-electron chi connectivity index (χ3n) is 4.39. The highest BCUT2D eigenvalue weighted by Crippen LogP contribution is 2.41. The average molecular weight is 444 g/mol. The maximum atomic E-state index is 6.14. The minimum Gasteiger partial charge on any atom is -0.495 e. The van der Waals surface area contributed by atoms with Gasteiger partial charge in [0, 0.05) is 17.7 Å². The van der Waals surface area contributed by atoms with E-state index in [4.69, 9.17) is 19.9 Å². The van der Waals surface area contributed by atoms with E-state index in [1.54, 1.807) is 27.7 Å². The third-order valence-corrected chi connectivity index (χ3v) is 5.17. The summed E-state index contributed by atoms with van der Waals surface area (Å²) in [4.78, 5) is 4.65. The van der Waals surface area contributed by atoms with Crippen molar-refractivity contribution in [3.63, 3.8) is 0 Å². The molecule has 0 saturated carbocycles. The lowest BCUT2D eigenvalue weighted by Crippen LogP contribution is -1.99. The third kappa shape index (κ3) is 3.57. The Morgan fingerprint density at radius 1 is 1.04 bits per heavy atom. The molecule has 0 bridgehead atoms. The summed E-state index contributed by atoms with van der Waals surface area (Å²) in [7, 11) is 4.83. The second-order valence-electron chi connectivity index (χ2n) is 6.03. The predicted molar refractivity (Wildman–Crippen MR) is 115 cm³/mol. The standard InChI is InChI=1S/C21H22BrN3O3/c1-5-8-25-12-24-20(14-10-17(27-3)19(22)18(11-14)28-4)21(25)13-6-7-16(26-2)15(23)9-13/h5-7,9-12H,1,8,23H2,2-4H3. The molecule has 0 aliphatic heterocycles. The molecule has 2 N–H and O–H groups in total. The summed E-state index contributed by atoms with van der Waals surface area (Å²) in [5, 5.41) is 0. The molecule has 0 amide bonds. The molecule has 0 fully saturated rings. The Morgan fingerprint density at radius 3 is 2.21 bits per heavy atom. The molecule has 1 aromatic heterocycles. The number of ether oxygens (including phenoxy) is 3. The van der Waals surface area contributed by atoms with Gasteiger partial charge in [0.05, 0.1) is 44.7 Å². The van der Waals surface area contributed by atoms with E-state index in [1.165, 1.54) is 0 Å². The number of halogens is 1. The second kappa shape index (κ2) is 8.39. The van der Waals surface area contributed by atoms with Gasteiger partial charge in [-0.2, -0.15) is 0 Å². The van der Waals surface area contributed by atoms with Gasteiger partial charge in [0.1, 0.15) is 21.7 Å². The first kappa shape index (κ1) is 19.8. The van der Waals surface area contributed by atoms with Crippen LogP contribution >= 0.6 is 15.9 Å². The SMILES string of the molecule is C=CCn1cnc(-c2cc(OC)c(Br)c(OC)c2)c1-c1ccc(OC)c(N)c1. The zero-order valence-corrected chi connectivity index (χ0v) is 17.6. The number of nitrogens with two attached hydrogens (primary N) is 1. The summed E-state index contributed by atoms with van der Waals surface area (Å²) >= 11 is 3.51. The van der Waals surface area contributed by atoms with Gasteiger partial charge < -0.3 is 24.5 Å². The lowest BCUT2D eigenvalue weighted by atomic mass is 10.0. The predicted octanol–water partition coefficient (Wildman–Crippen LogP) is 4.77. The van der Waals surface area contributed by atoms with Crippen molar-refractivity contribution >= 4 is 21.6 Å². The van der Waals surface area contributed by atoms with E-state index in [9.17, 15) is 0 Å². The molecule has 3 aromatic rings. The van der Waals surface area contributed by atoms with Crippen LogP contribution in [0.5, 0.6) is 17.2 Å². The largest absolute Gasteiger partial charge is 0.495 e. The molecule has 0 aliphatic rings. The van der Waals surface area contributed by atoms with Gasteiger partial charge in [-0.1, -0.05) is 6.08 Å². The molecule has 6 nitrogen and oxygen atoms in total. The minimum atomic E-state index is 0.559. The van der Waals surface area contributed by atoms with Gasteiger partial charge in [-0.15, -0.1) is 6.58 Å². The van der Waals surface area contributed by atoms with Crippen LogP contribution in [-0.2, 0) is 6.54 Å². The van der Waals surface area contributed by atoms with Gasteiger partial charge in [-0.3, -0.25) is 0 Å². The Morgan fingerprint density at radius 2 is 1.68 bits per heavy atom. The van der Waals surface area contributed by atoms with Crippen LogP contribution in [0.1, 0.15) is 0 Å². The van der Waals surface area contributed by atoms with Crippen molar-refractivity contribution < 1.29 is 14.2 Å². The Labute approximate surface area is 172 Å². The van der Waals surface area contributed by atoms with Crippen LogP contribution in [0.25, 0.3) is 22.5 Å². The number of hydrogen-bond donors (Lipinski definition) is 1. The molecular weight excluding hydrogens is 422 g/mol. The molecule has 3 rings (SSSR count). The van der Waals surface area contributed by atoms with Crippen molar-refractivity contribution in [2.45, 2.75) is 6.54 Å². The van der Waals surface area contributed by atoms with Gasteiger partial charge in [-0.05, 0) is 46.3 Å². The molecule has 0 atom stereocenters. The highest BCUT2D eigenvalue weighted by molar-refractivity contribution is 9.10. The number of anilines is 1. The maximum absolute atomic E-state index is 6.14. The summed E-state index contributed by atoms with van der Waals surface area (Å²) in [5.74, 6) is 1.95. The highest BCUT2D eigenvalue weighted by atomic mass is 79.9. The first-order chi connectivity index (χ1) is 13.5. The molecule has 2 aromatic carbocycles. The molecular formula is C21H22BrN3O3. The topological polar surface area (TPSA) is 71.5 Å². The fraction of sp³-hybridized carbons (Fsp3) is 0.190. The van der Waals surface area contributed by atoms with Crippen molar-refractivity contribution in [3.8, 4) is 39.8 Å². The van der Waals surface area contributed by atoms with Gasteiger partial charge >= 0.3 is 0 Å². The van der Waals surface area contributed by atoms with E-state index in [2.05, 4.69) is 27.5 Å². The van der Waals surface area contributed by atoms with Crippen molar-refractivity contribution in [3.05, 3.63) is 53.8 Å². The minimum absolute atomic E-state index is 0.559. The van der Waals surface area contributed by atoms with Crippen LogP contribution in [0.4, 0.5) is 5.69 Å². The molecule has 146 valence electrons. The van der Waals surface area contributed by atoms with Gasteiger partial charge in [0.25, 0.3) is 0 Å². The van der Waals surface area contributed by atoms with E-state index < -0.39 is 0 Å². The van der Waals surface area contributed by atoms with Gasteiger partial charge in [0.15, 0.2) is 0 Å². The Balaban J connectivity index is 2.24. The molecule has 0 radical (unpaired) electrons. The fourth-order valence-corrected chi connectivity index (χ4v) is 3.61. The number of allylic oxidation sites excluding steroid dienone is 1. The van der Waals surface area contributed by atoms with Crippen molar-refractivity contribution in [1.29, 1.82) is 0 Å². The van der Waals surface area contributed by atoms with Crippen LogP contribution in [-0.4, -0.2) is 30.9 Å². The summed E-state index contributed by atoms with van der Waals surface area (Å²) < 4.78 is 19.0. The van der Waals surface area contributed by atoms with Crippen LogP contribution in [0.3, 0.4) is 0 Å². The quantitative estimate of drug-likeness (QED) is 0.420. The van der Waals surface area contributed by atoms with Crippen molar-refractivity contribution in [1.82, 2.24) is 9.55 Å². The number of rotatable bonds is 7. The molecule has 28 heavy (non-hydrogen) atoms. The molecule has 0 spiro atoms. The van der Waals surface area contributed by atoms with Crippen LogP contribution in [0, 0.1) is 0 Å². The number of hydrogen-bond acceptors (Lipinski definition) is 5. The Hall–Kier alpha value is -2.93. The van der Waals surface area contributed by atoms with Crippen molar-refractivity contribution in [2.75, 3.05) is 27.1 Å². The van der Waals surface area contributed by atoms with E-state index in [0.29, 0.717) is 29.5 Å². The number of nitrogen functional groups attached to an aromatic ring is 1. The number of nitrogens with zero attached hydrogens (tertiary/aromatic N) is 2. The Kier molecular flexibility index (Phi) is 5.94. The lowest BCUT2D eigenvalue weighted by Gasteiger charge is -2.14. The summed E-state index contributed by atoms with van der Waals surface area (Å²) in [6.07, 6.45) is 3.61. The van der Waals surface area contributed by atoms with E-state index in [1.807, 2.05) is 41.0 Å². The summed E-state index contributed by atoms with van der Waals surface area (Å²) in [5.41, 5.74) is 10.2. The zero-order chi connectivity index (χ0) is 20.3. The number of methoxy groups -OCH3 is 3. The first-order valence-corrected chi connectivity index (χ1v) is 9.35. The fourth-order valence-electron chi connectivity index (χ4n) is 3.06. The lowest BCUT2D eigenvalue weighted by molar-refractivity contribution is 0.390. The first-order valence-electron chi connectivity index (χ1n) is 8.55. The number of imidazole rings is 1. The van der Waals surface area contributed by atoms with Crippen LogP contribution in [0.2, 0.25) is 0 Å². The normalized spacial score (nSPS) is 10.6. The molecule has 7 heteroatoms. The molecule has 0 saturated heterocycles. The van der Waals surface area contributed by atoms with E-state index in [0.717, 1.165) is 27.0 Å². The zero-order valence-electron chi connectivity index (χ0n) is 16.0. The smallest absolute Gasteiger partial charge is 0.141 e. The van der Waals surface area contributed by atoms with E-state index >= 15 is 0 Å². The average Bonchev–Trinajstić information content (AvgIpc) is 3.12. The summed E-state index contributed by atoms with van der Waals surface area (Å²) in [6, 6.07) is 9.53. The molecule has 1 heterocycles. The van der Waals surface area contributed by atoms with Crippen LogP contribution < -0.4 is 19.9 Å². The monoisotopic (exact) mass is 443 g/mol. The van der Waals surface area contributed by atoms with E-state index in [-0.39, 0.29) is 0 Å². The molecule has 0 unspecified atom stereocenters. The van der Waals surface area contributed by atoms with Gasteiger partial charge in [0.2, 0.25) is 0 Å². The number of aromatic nitrogens is 2. The maximum Gasteiger partial charge on any atom is 0.141 e. The Bertz CT molecular complexity index is 989. The van der Waals surface area contributed by atoms with Crippen molar-refractivity contribution in [2.24, 2.45) is 0 Å². The van der Waals surface area contributed by atoms with Gasteiger partial charge in [-0.25, -0.2) is 4.98 Å². The second-order valence-corrected chi connectivity index (χ2v) is 6.83. The number of benzene rings is 2. The molecule has 0 aliphatic carbocycles. The highest BCUT2D eigenvalue weighted by Gasteiger charge is 2.19.